The molecule has 2 saturated heterocycles. The van der Waals surface area contributed by atoms with Crippen LogP contribution in [0, 0.1) is 11.6 Å². The van der Waals surface area contributed by atoms with Gasteiger partial charge in [-0.15, -0.1) is 0 Å². The standard InChI is InChI=1S/C18H14F2N2O3S2/c19-12-6-7-14(13(20)8-12)22-15-9-27(24,25)10-16(15)26-18(22)21-17(23)11-4-2-1-3-5-11/h1-8,15-16H,9-10H2/t15-,16+/m1/s1. The minimum absolute atomic E-state index is 0.00751. The number of fused-ring (bicyclic) bond motifs is 1. The second-order valence-corrected chi connectivity index (χ2v) is 9.69. The van der Waals surface area contributed by atoms with E-state index in [1.54, 1.807) is 30.3 Å². The molecule has 0 spiro atoms. The largest absolute Gasteiger partial charge is 0.313 e. The predicted octanol–water partition coefficient (Wildman–Crippen LogP) is 2.88. The lowest BCUT2D eigenvalue weighted by Crippen LogP contribution is -2.38. The lowest BCUT2D eigenvalue weighted by Gasteiger charge is -2.24. The summed E-state index contributed by atoms with van der Waals surface area (Å²) in [6.45, 7) is 0. The van der Waals surface area contributed by atoms with Gasteiger partial charge in [0.1, 0.15) is 11.6 Å². The van der Waals surface area contributed by atoms with Gasteiger partial charge in [0.05, 0.1) is 23.2 Å². The maximum Gasteiger partial charge on any atom is 0.279 e. The molecule has 0 unspecified atom stereocenters. The van der Waals surface area contributed by atoms with E-state index in [0.717, 1.165) is 23.9 Å². The molecule has 0 N–H and O–H groups in total. The Labute approximate surface area is 159 Å². The van der Waals surface area contributed by atoms with Crippen LogP contribution in [0.15, 0.2) is 53.5 Å². The third-order valence-corrected chi connectivity index (χ3v) is 7.66. The summed E-state index contributed by atoms with van der Waals surface area (Å²) in [5.74, 6) is -2.31. The molecule has 2 atom stereocenters. The van der Waals surface area contributed by atoms with Gasteiger partial charge >= 0.3 is 0 Å². The summed E-state index contributed by atoms with van der Waals surface area (Å²) < 4.78 is 51.7. The third-order valence-electron chi connectivity index (χ3n) is 4.45. The molecule has 2 aliphatic heterocycles. The quantitative estimate of drug-likeness (QED) is 0.765. The van der Waals surface area contributed by atoms with E-state index in [4.69, 9.17) is 0 Å². The fourth-order valence-corrected chi connectivity index (χ4v) is 7.16. The van der Waals surface area contributed by atoms with E-state index in [2.05, 4.69) is 4.99 Å². The van der Waals surface area contributed by atoms with Gasteiger partial charge in [0.15, 0.2) is 15.0 Å². The van der Waals surface area contributed by atoms with E-state index in [-0.39, 0.29) is 27.6 Å². The highest BCUT2D eigenvalue weighted by atomic mass is 32.2. The fourth-order valence-electron chi connectivity index (χ4n) is 3.25. The summed E-state index contributed by atoms with van der Waals surface area (Å²) in [4.78, 5) is 18.0. The highest BCUT2D eigenvalue weighted by Crippen LogP contribution is 2.41. The van der Waals surface area contributed by atoms with E-state index in [1.165, 1.54) is 11.0 Å². The number of benzene rings is 2. The van der Waals surface area contributed by atoms with Gasteiger partial charge in [-0.2, -0.15) is 4.99 Å². The average molecular weight is 408 g/mol. The van der Waals surface area contributed by atoms with Crippen LogP contribution in [0.1, 0.15) is 10.4 Å². The normalized spacial score (nSPS) is 25.0. The Kier molecular flexibility index (Phi) is 4.51. The van der Waals surface area contributed by atoms with Crippen molar-refractivity contribution in [3.63, 3.8) is 0 Å². The molecule has 27 heavy (non-hydrogen) atoms. The van der Waals surface area contributed by atoms with Crippen molar-refractivity contribution in [1.29, 1.82) is 0 Å². The molecule has 0 aromatic heterocycles. The third kappa shape index (κ3) is 3.49. The molecule has 9 heteroatoms. The Bertz CT molecular complexity index is 1040. The molecule has 2 aliphatic rings. The van der Waals surface area contributed by atoms with E-state index in [9.17, 15) is 22.0 Å². The number of amides is 1. The van der Waals surface area contributed by atoms with Gasteiger partial charge in [0.25, 0.3) is 5.91 Å². The summed E-state index contributed by atoms with van der Waals surface area (Å²) >= 11 is 1.14. The number of amidine groups is 1. The van der Waals surface area contributed by atoms with Gasteiger partial charge in [0.2, 0.25) is 0 Å². The molecular weight excluding hydrogens is 394 g/mol. The summed E-state index contributed by atoms with van der Waals surface area (Å²) in [6.07, 6.45) is 0. The van der Waals surface area contributed by atoms with Crippen molar-refractivity contribution < 1.29 is 22.0 Å². The molecule has 2 aromatic rings. The number of nitrogens with zero attached hydrogens (tertiary/aromatic N) is 2. The topological polar surface area (TPSA) is 66.8 Å². The van der Waals surface area contributed by atoms with Gasteiger partial charge in [-0.25, -0.2) is 17.2 Å². The first-order valence-corrected chi connectivity index (χ1v) is 10.8. The zero-order valence-electron chi connectivity index (χ0n) is 13.9. The number of aliphatic imine (C=N–C) groups is 1. The van der Waals surface area contributed by atoms with Crippen LogP contribution in [0.2, 0.25) is 0 Å². The predicted molar refractivity (Wildman–Crippen MR) is 101 cm³/mol. The molecule has 5 nitrogen and oxygen atoms in total. The number of halogens is 2. The van der Waals surface area contributed by atoms with E-state index >= 15 is 0 Å². The smallest absolute Gasteiger partial charge is 0.279 e. The van der Waals surface area contributed by atoms with Crippen LogP contribution in [0.5, 0.6) is 0 Å². The maximum atomic E-state index is 14.4. The first kappa shape index (κ1) is 18.1. The lowest BCUT2D eigenvalue weighted by molar-refractivity contribution is 0.100. The zero-order valence-corrected chi connectivity index (χ0v) is 15.5. The van der Waals surface area contributed by atoms with E-state index < -0.39 is 33.4 Å². The highest BCUT2D eigenvalue weighted by Gasteiger charge is 2.50. The molecule has 2 fully saturated rings. The second-order valence-electron chi connectivity index (χ2n) is 6.33. The number of rotatable bonds is 2. The molecule has 0 radical (unpaired) electrons. The number of anilines is 1. The lowest BCUT2D eigenvalue weighted by atomic mass is 10.2. The van der Waals surface area contributed by atoms with Crippen LogP contribution >= 0.6 is 11.8 Å². The van der Waals surface area contributed by atoms with Crippen molar-refractivity contribution in [1.82, 2.24) is 0 Å². The van der Waals surface area contributed by atoms with E-state index in [1.807, 2.05) is 0 Å². The van der Waals surface area contributed by atoms with Gasteiger partial charge in [-0.05, 0) is 24.3 Å². The van der Waals surface area contributed by atoms with Crippen molar-refractivity contribution in [3.05, 3.63) is 65.7 Å². The summed E-state index contributed by atoms with van der Waals surface area (Å²) in [5.41, 5.74) is 0.378. The maximum absolute atomic E-state index is 14.4. The van der Waals surface area contributed by atoms with Crippen molar-refractivity contribution in [2.45, 2.75) is 11.3 Å². The van der Waals surface area contributed by atoms with Gasteiger partial charge in [-0.3, -0.25) is 4.79 Å². The van der Waals surface area contributed by atoms with Crippen LogP contribution < -0.4 is 4.90 Å². The van der Waals surface area contributed by atoms with Crippen molar-refractivity contribution in [2.24, 2.45) is 4.99 Å². The monoisotopic (exact) mass is 408 g/mol. The van der Waals surface area contributed by atoms with Gasteiger partial charge in [-0.1, -0.05) is 30.0 Å². The van der Waals surface area contributed by atoms with Gasteiger partial charge in [0, 0.05) is 16.9 Å². The number of carbonyl (C=O) groups excluding carboxylic acids is 1. The van der Waals surface area contributed by atoms with Crippen molar-refractivity contribution >= 4 is 38.4 Å². The van der Waals surface area contributed by atoms with Crippen LogP contribution in [0.3, 0.4) is 0 Å². The minimum atomic E-state index is -3.27. The summed E-state index contributed by atoms with van der Waals surface area (Å²) in [6, 6.07) is 10.9. The minimum Gasteiger partial charge on any atom is -0.313 e. The first-order valence-electron chi connectivity index (χ1n) is 8.13. The summed E-state index contributed by atoms with van der Waals surface area (Å²) in [5, 5.41) is -0.138. The molecular formula is C18H14F2N2O3S2. The summed E-state index contributed by atoms with van der Waals surface area (Å²) in [7, 11) is -3.27. The Morgan fingerprint density at radius 1 is 1.11 bits per heavy atom. The second kappa shape index (κ2) is 6.72. The number of carbonyl (C=O) groups is 1. The number of sulfone groups is 1. The Balaban J connectivity index is 1.76. The van der Waals surface area contributed by atoms with Crippen LogP contribution in [0.4, 0.5) is 14.5 Å². The van der Waals surface area contributed by atoms with Crippen LogP contribution in [-0.4, -0.2) is 42.3 Å². The number of hydrogen-bond donors (Lipinski definition) is 0. The van der Waals surface area contributed by atoms with Crippen molar-refractivity contribution in [3.8, 4) is 0 Å². The molecule has 0 saturated carbocycles. The van der Waals surface area contributed by atoms with Crippen molar-refractivity contribution in [2.75, 3.05) is 16.4 Å². The molecule has 2 aromatic carbocycles. The highest BCUT2D eigenvalue weighted by molar-refractivity contribution is 8.16. The Morgan fingerprint density at radius 2 is 1.85 bits per heavy atom. The molecule has 0 aliphatic carbocycles. The zero-order chi connectivity index (χ0) is 19.2. The molecule has 2 heterocycles. The first-order chi connectivity index (χ1) is 12.8. The molecule has 0 bridgehead atoms. The van der Waals surface area contributed by atoms with Gasteiger partial charge < -0.3 is 4.90 Å². The van der Waals surface area contributed by atoms with E-state index in [0.29, 0.717) is 5.56 Å². The Morgan fingerprint density at radius 3 is 2.56 bits per heavy atom. The molecule has 4 rings (SSSR count). The molecule has 140 valence electrons. The molecule has 1 amide bonds. The fraction of sp³-hybridized carbons (Fsp3) is 0.222. The number of hydrogen-bond acceptors (Lipinski definition) is 4. The average Bonchev–Trinajstić information content (AvgIpc) is 3.07. The Hall–Kier alpha value is -2.26. The van der Waals surface area contributed by atoms with Crippen LogP contribution in [0.25, 0.3) is 0 Å². The van der Waals surface area contributed by atoms with Crippen LogP contribution in [-0.2, 0) is 9.84 Å². The number of thioether (sulfide) groups is 1. The SMILES string of the molecule is O=C(N=C1S[C@H]2CS(=O)(=O)C[C@H]2N1c1ccc(F)cc1F)c1ccccc1.